The van der Waals surface area contributed by atoms with Gasteiger partial charge in [-0.1, -0.05) is 36.8 Å². The molecule has 3 aliphatic rings. The molecule has 190 valence electrons. The summed E-state index contributed by atoms with van der Waals surface area (Å²) in [4.78, 5) is 8.29. The lowest BCUT2D eigenvalue weighted by molar-refractivity contribution is -0.0644. The minimum absolute atomic E-state index is 0.390. The van der Waals surface area contributed by atoms with Gasteiger partial charge in [0.25, 0.3) is 0 Å². The Kier molecular flexibility index (Phi) is 5.92. The van der Waals surface area contributed by atoms with E-state index in [0.717, 1.165) is 30.4 Å². The van der Waals surface area contributed by atoms with Crippen LogP contribution in [0.3, 0.4) is 0 Å². The Labute approximate surface area is 213 Å². The molecule has 7 rings (SSSR count). The van der Waals surface area contributed by atoms with Gasteiger partial charge < -0.3 is 4.98 Å². The molecule has 2 fully saturated rings. The van der Waals surface area contributed by atoms with E-state index in [4.69, 9.17) is 0 Å². The average Bonchev–Trinajstić information content (AvgIpc) is 3.38. The fourth-order valence-electron chi connectivity index (χ4n) is 6.45. The zero-order valence-corrected chi connectivity index (χ0v) is 21.8. The molecule has 4 heterocycles. The summed E-state index contributed by atoms with van der Waals surface area (Å²) < 4.78 is 13.9. The normalized spacial score (nSPS) is 21.6. The third-order valence-corrected chi connectivity index (χ3v) is 8.41. The van der Waals surface area contributed by atoms with E-state index in [9.17, 15) is 4.39 Å². The molecule has 6 heteroatoms. The van der Waals surface area contributed by atoms with Crippen molar-refractivity contribution in [3.05, 3.63) is 65.5 Å². The SMILES string of the molecule is CC1Cc2c([nH]c3ccccc23)CN1CC(C)(C)F.c1cc2cn[nH]c2cc1CN1CC2(CCC2)C1. The van der Waals surface area contributed by atoms with E-state index in [2.05, 4.69) is 74.4 Å². The smallest absolute Gasteiger partial charge is 0.118 e. The molecule has 2 aromatic carbocycles. The minimum Gasteiger partial charge on any atom is -0.357 e. The van der Waals surface area contributed by atoms with E-state index < -0.39 is 5.67 Å². The summed E-state index contributed by atoms with van der Waals surface area (Å²) in [5.74, 6) is 0. The molecule has 1 aliphatic carbocycles. The monoisotopic (exact) mass is 487 g/mol. The summed E-state index contributed by atoms with van der Waals surface area (Å²) in [5.41, 5.74) is 6.01. The van der Waals surface area contributed by atoms with Gasteiger partial charge in [-0.25, -0.2) is 4.39 Å². The largest absolute Gasteiger partial charge is 0.357 e. The van der Waals surface area contributed by atoms with Crippen LogP contribution in [0.4, 0.5) is 4.39 Å². The van der Waals surface area contributed by atoms with Crippen LogP contribution in [0.5, 0.6) is 0 Å². The predicted octanol–water partition coefficient (Wildman–Crippen LogP) is 6.21. The van der Waals surface area contributed by atoms with Crippen LogP contribution in [-0.2, 0) is 19.5 Å². The highest BCUT2D eigenvalue weighted by molar-refractivity contribution is 5.85. The second kappa shape index (κ2) is 9.00. The zero-order valence-electron chi connectivity index (χ0n) is 21.8. The third-order valence-electron chi connectivity index (χ3n) is 8.41. The highest BCUT2D eigenvalue weighted by Crippen LogP contribution is 2.48. The quantitative estimate of drug-likeness (QED) is 0.360. The second-order valence-corrected chi connectivity index (χ2v) is 12.1. The number of para-hydroxylation sites is 1. The summed E-state index contributed by atoms with van der Waals surface area (Å²) in [6.45, 7) is 10.5. The van der Waals surface area contributed by atoms with Crippen molar-refractivity contribution in [2.45, 2.75) is 71.3 Å². The van der Waals surface area contributed by atoms with Gasteiger partial charge in [-0.2, -0.15) is 5.10 Å². The molecule has 0 amide bonds. The van der Waals surface area contributed by atoms with Crippen molar-refractivity contribution in [3.63, 3.8) is 0 Å². The fourth-order valence-corrected chi connectivity index (χ4v) is 6.45. The van der Waals surface area contributed by atoms with Crippen LogP contribution >= 0.6 is 0 Å². The second-order valence-electron chi connectivity index (χ2n) is 12.1. The van der Waals surface area contributed by atoms with Crippen molar-refractivity contribution >= 4 is 21.8 Å². The highest BCUT2D eigenvalue weighted by Gasteiger charge is 2.46. The van der Waals surface area contributed by atoms with Gasteiger partial charge in [0, 0.05) is 60.7 Å². The van der Waals surface area contributed by atoms with Crippen LogP contribution in [0.2, 0.25) is 0 Å². The van der Waals surface area contributed by atoms with Crippen molar-refractivity contribution in [2.24, 2.45) is 5.41 Å². The number of H-pyrrole nitrogens is 2. The Hall–Kier alpha value is -2.70. The van der Waals surface area contributed by atoms with Crippen LogP contribution in [0.15, 0.2) is 48.7 Å². The number of hydrogen-bond acceptors (Lipinski definition) is 3. The van der Waals surface area contributed by atoms with Crippen LogP contribution in [0.1, 0.15) is 56.9 Å². The first-order valence-electron chi connectivity index (χ1n) is 13.4. The van der Waals surface area contributed by atoms with Crippen LogP contribution in [0.25, 0.3) is 21.8 Å². The Morgan fingerprint density at radius 2 is 1.92 bits per heavy atom. The van der Waals surface area contributed by atoms with Gasteiger partial charge in [-0.05, 0) is 68.7 Å². The van der Waals surface area contributed by atoms with Crippen molar-refractivity contribution in [3.8, 4) is 0 Å². The number of nitrogens with zero attached hydrogens (tertiary/aromatic N) is 3. The van der Waals surface area contributed by atoms with E-state index in [1.165, 1.54) is 65.5 Å². The number of fused-ring (bicyclic) bond motifs is 4. The van der Waals surface area contributed by atoms with Gasteiger partial charge in [-0.3, -0.25) is 14.9 Å². The van der Waals surface area contributed by atoms with E-state index in [0.29, 0.717) is 12.6 Å². The number of alkyl halides is 1. The topological polar surface area (TPSA) is 51.0 Å². The number of benzene rings is 2. The van der Waals surface area contributed by atoms with Gasteiger partial charge in [0.05, 0.1) is 11.7 Å². The molecule has 2 aliphatic heterocycles. The van der Waals surface area contributed by atoms with E-state index in [1.807, 2.05) is 6.20 Å². The molecule has 1 atom stereocenters. The number of aromatic amines is 2. The number of likely N-dealkylation sites (tertiary alicyclic amines) is 1. The molecule has 36 heavy (non-hydrogen) atoms. The molecule has 1 spiro atoms. The van der Waals surface area contributed by atoms with Gasteiger partial charge in [0.2, 0.25) is 0 Å². The Morgan fingerprint density at radius 1 is 1.11 bits per heavy atom. The van der Waals surface area contributed by atoms with E-state index in [1.54, 1.807) is 13.8 Å². The Morgan fingerprint density at radius 3 is 2.67 bits per heavy atom. The van der Waals surface area contributed by atoms with Crippen LogP contribution in [0, 0.1) is 5.41 Å². The maximum atomic E-state index is 13.9. The molecule has 0 radical (unpaired) electrons. The summed E-state index contributed by atoms with van der Waals surface area (Å²) in [7, 11) is 0. The lowest BCUT2D eigenvalue weighted by atomic mass is 9.63. The summed E-state index contributed by atoms with van der Waals surface area (Å²) in [5, 5.41) is 9.63. The molecule has 1 saturated carbocycles. The maximum Gasteiger partial charge on any atom is 0.118 e. The first-order chi connectivity index (χ1) is 17.3. The molecular weight excluding hydrogens is 449 g/mol. The van der Waals surface area contributed by atoms with Crippen molar-refractivity contribution in [2.75, 3.05) is 19.6 Å². The average molecular weight is 488 g/mol. The minimum atomic E-state index is -1.14. The summed E-state index contributed by atoms with van der Waals surface area (Å²) >= 11 is 0. The van der Waals surface area contributed by atoms with Crippen molar-refractivity contribution in [1.29, 1.82) is 0 Å². The van der Waals surface area contributed by atoms with E-state index in [-0.39, 0.29) is 0 Å². The Balaban J connectivity index is 0.000000134. The first-order valence-corrected chi connectivity index (χ1v) is 13.4. The van der Waals surface area contributed by atoms with E-state index >= 15 is 0 Å². The Bertz CT molecular complexity index is 1350. The molecule has 5 nitrogen and oxygen atoms in total. The molecule has 4 aromatic rings. The van der Waals surface area contributed by atoms with Gasteiger partial charge in [0.15, 0.2) is 0 Å². The zero-order chi connectivity index (χ0) is 24.9. The molecule has 2 N–H and O–H groups in total. The fraction of sp³-hybridized carbons (Fsp3) is 0.500. The number of aromatic nitrogens is 3. The van der Waals surface area contributed by atoms with Crippen molar-refractivity contribution < 1.29 is 4.39 Å². The molecule has 1 saturated heterocycles. The lowest BCUT2D eigenvalue weighted by Gasteiger charge is -2.56. The number of nitrogens with one attached hydrogen (secondary N) is 2. The first kappa shape index (κ1) is 23.7. The van der Waals surface area contributed by atoms with Gasteiger partial charge in [-0.15, -0.1) is 0 Å². The molecule has 1 unspecified atom stereocenters. The lowest BCUT2D eigenvalue weighted by Crippen LogP contribution is -2.58. The summed E-state index contributed by atoms with van der Waals surface area (Å²) in [6, 6.07) is 15.4. The van der Waals surface area contributed by atoms with Crippen molar-refractivity contribution in [1.82, 2.24) is 25.0 Å². The van der Waals surface area contributed by atoms with Gasteiger partial charge in [0.1, 0.15) is 5.67 Å². The molecule has 2 aromatic heterocycles. The number of rotatable bonds is 4. The van der Waals surface area contributed by atoms with Crippen LogP contribution in [-0.4, -0.2) is 56.3 Å². The number of hydrogen-bond donors (Lipinski definition) is 2. The standard InChI is InChI=1S/C16H21FN2.C14H17N3/c1-11-8-13-12-6-4-5-7-14(12)18-15(13)9-19(11)10-16(2,3)17;1-4-14(5-1)9-17(10-14)8-11-2-3-12-7-15-16-13(12)6-11/h4-7,11,18H,8-10H2,1-3H3;2-3,6-7H,1,4-5,8-10H2,(H,15,16). The van der Waals surface area contributed by atoms with Gasteiger partial charge >= 0.3 is 0 Å². The molecule has 0 bridgehead atoms. The number of halogens is 1. The van der Waals surface area contributed by atoms with Crippen LogP contribution < -0.4 is 0 Å². The maximum absolute atomic E-state index is 13.9. The predicted molar refractivity (Wildman–Crippen MR) is 145 cm³/mol. The third kappa shape index (κ3) is 4.69. The molecular formula is C30H38FN5. The summed E-state index contributed by atoms with van der Waals surface area (Å²) in [6.07, 6.45) is 7.25. The highest BCUT2D eigenvalue weighted by atomic mass is 19.1.